The summed E-state index contributed by atoms with van der Waals surface area (Å²) in [6.45, 7) is 8.73. The van der Waals surface area contributed by atoms with Crippen LogP contribution in [-0.2, 0) is 10.0 Å². The molecule has 2 fully saturated rings. The molecule has 10 nitrogen and oxygen atoms in total. The van der Waals surface area contributed by atoms with Gasteiger partial charge in [-0.15, -0.1) is 0 Å². The fraction of sp³-hybridized carbons (Fsp3) is 0.607. The maximum atomic E-state index is 13.4. The van der Waals surface area contributed by atoms with E-state index in [-0.39, 0.29) is 12.1 Å². The number of anilines is 1. The third-order valence-electron chi connectivity index (χ3n) is 8.03. The highest BCUT2D eigenvalue weighted by atomic mass is 32.2. The molecule has 3 heterocycles. The topological polar surface area (TPSA) is 116 Å². The van der Waals surface area contributed by atoms with Crippen molar-refractivity contribution in [2.75, 3.05) is 44.6 Å². The van der Waals surface area contributed by atoms with Gasteiger partial charge < -0.3 is 15.3 Å². The van der Waals surface area contributed by atoms with Crippen molar-refractivity contribution in [1.29, 1.82) is 0 Å². The number of sulfonamides is 1. The molecule has 0 unspecified atom stereocenters. The molecule has 2 N–H and O–H groups in total. The standard InChI is InChI=1S/C28H41N7O3S/c1-3-5-15-29-28-30-20-25-26(32-35(27(25)31-28)22-9-11-23(36)12-10-22)21-7-13-24(14-8-21)39(37,38)34-17-6-16-33(4-2)18-19-34/h7-8,13-14,20,22-23,36H,3-6,9-12,15-19H2,1-2H3,(H,29,30,31)/t22-,23-. The van der Waals surface area contributed by atoms with E-state index in [0.29, 0.717) is 23.9 Å². The van der Waals surface area contributed by atoms with E-state index in [2.05, 4.69) is 29.0 Å². The summed E-state index contributed by atoms with van der Waals surface area (Å²) in [4.78, 5) is 12.0. The molecule has 1 saturated carbocycles. The van der Waals surface area contributed by atoms with Crippen LogP contribution in [0.5, 0.6) is 0 Å². The van der Waals surface area contributed by atoms with Gasteiger partial charge in [0, 0.05) is 37.9 Å². The minimum atomic E-state index is -3.57. The van der Waals surface area contributed by atoms with Crippen LogP contribution in [0.4, 0.5) is 5.95 Å². The Labute approximate surface area is 231 Å². The Hall–Kier alpha value is -2.60. The van der Waals surface area contributed by atoms with Crippen molar-refractivity contribution in [3.63, 3.8) is 0 Å². The van der Waals surface area contributed by atoms with Crippen molar-refractivity contribution in [2.45, 2.75) is 75.8 Å². The minimum Gasteiger partial charge on any atom is -0.393 e. The smallest absolute Gasteiger partial charge is 0.243 e. The number of nitrogens with one attached hydrogen (secondary N) is 1. The molecule has 1 aliphatic heterocycles. The summed E-state index contributed by atoms with van der Waals surface area (Å²) in [6.07, 6.45) is 7.67. The van der Waals surface area contributed by atoms with Crippen LogP contribution in [0.1, 0.15) is 64.8 Å². The molecular weight excluding hydrogens is 514 g/mol. The summed E-state index contributed by atoms with van der Waals surface area (Å²) in [5.74, 6) is 0.583. The summed E-state index contributed by atoms with van der Waals surface area (Å²) in [6, 6.07) is 7.21. The molecule has 2 aromatic heterocycles. The molecule has 3 aromatic rings. The highest BCUT2D eigenvalue weighted by Crippen LogP contribution is 2.35. The number of aliphatic hydroxyl groups excluding tert-OH is 1. The van der Waals surface area contributed by atoms with Gasteiger partial charge >= 0.3 is 0 Å². The fourth-order valence-electron chi connectivity index (χ4n) is 5.59. The third kappa shape index (κ3) is 6.11. The van der Waals surface area contributed by atoms with E-state index < -0.39 is 10.0 Å². The minimum absolute atomic E-state index is 0.147. The first-order valence-corrected chi connectivity index (χ1v) is 15.8. The van der Waals surface area contributed by atoms with Crippen LogP contribution < -0.4 is 5.32 Å². The summed E-state index contributed by atoms with van der Waals surface area (Å²) in [5, 5.41) is 19.2. The van der Waals surface area contributed by atoms with Gasteiger partial charge in [0.15, 0.2) is 5.65 Å². The Balaban J connectivity index is 1.45. The zero-order chi connectivity index (χ0) is 27.4. The predicted molar refractivity (Wildman–Crippen MR) is 153 cm³/mol. The first-order chi connectivity index (χ1) is 18.9. The van der Waals surface area contributed by atoms with Crippen molar-refractivity contribution in [3.8, 4) is 11.3 Å². The molecular formula is C28H41N7O3S. The lowest BCUT2D eigenvalue weighted by Gasteiger charge is -2.25. The normalized spacial score (nSPS) is 21.7. The van der Waals surface area contributed by atoms with Crippen molar-refractivity contribution in [2.24, 2.45) is 0 Å². The van der Waals surface area contributed by atoms with Crippen LogP contribution in [0, 0.1) is 0 Å². The fourth-order valence-corrected chi connectivity index (χ4v) is 7.06. The number of hydrogen-bond acceptors (Lipinski definition) is 8. The van der Waals surface area contributed by atoms with Gasteiger partial charge in [0.2, 0.25) is 16.0 Å². The van der Waals surface area contributed by atoms with Crippen LogP contribution in [0.25, 0.3) is 22.3 Å². The number of unbranched alkanes of at least 4 members (excludes halogenated alkanes) is 1. The Bertz CT molecular complexity index is 1350. The van der Waals surface area contributed by atoms with Crippen molar-refractivity contribution < 1.29 is 13.5 Å². The number of nitrogens with zero attached hydrogens (tertiary/aromatic N) is 6. The van der Waals surface area contributed by atoms with E-state index in [1.54, 1.807) is 16.4 Å². The van der Waals surface area contributed by atoms with Gasteiger partial charge in [-0.05, 0) is 63.7 Å². The zero-order valence-electron chi connectivity index (χ0n) is 23.1. The van der Waals surface area contributed by atoms with E-state index in [4.69, 9.17) is 10.1 Å². The van der Waals surface area contributed by atoms with Gasteiger partial charge in [-0.3, -0.25) is 0 Å². The highest BCUT2D eigenvalue weighted by Gasteiger charge is 2.28. The number of benzene rings is 1. The number of rotatable bonds is 9. The van der Waals surface area contributed by atoms with Gasteiger partial charge in [0.05, 0.1) is 22.4 Å². The third-order valence-corrected chi connectivity index (χ3v) is 9.95. The van der Waals surface area contributed by atoms with Gasteiger partial charge in [-0.25, -0.2) is 18.1 Å². The average Bonchev–Trinajstić information content (AvgIpc) is 3.14. The molecule has 1 aromatic carbocycles. The Morgan fingerprint density at radius 3 is 2.51 bits per heavy atom. The van der Waals surface area contributed by atoms with Gasteiger partial charge in [-0.2, -0.15) is 14.4 Å². The van der Waals surface area contributed by atoms with E-state index in [0.717, 1.165) is 93.4 Å². The van der Waals surface area contributed by atoms with E-state index in [9.17, 15) is 13.5 Å². The van der Waals surface area contributed by atoms with Crippen molar-refractivity contribution >= 4 is 27.0 Å². The molecule has 5 rings (SSSR count). The molecule has 212 valence electrons. The molecule has 0 spiro atoms. The summed E-state index contributed by atoms with van der Waals surface area (Å²) in [5.41, 5.74) is 2.34. The molecule has 0 radical (unpaired) electrons. The number of likely N-dealkylation sites (N-methyl/N-ethyl adjacent to an activating group) is 1. The van der Waals surface area contributed by atoms with Crippen LogP contribution in [-0.4, -0.2) is 87.9 Å². The summed E-state index contributed by atoms with van der Waals surface area (Å²) in [7, 11) is -3.57. The van der Waals surface area contributed by atoms with Crippen LogP contribution in [0.3, 0.4) is 0 Å². The largest absolute Gasteiger partial charge is 0.393 e. The van der Waals surface area contributed by atoms with Crippen LogP contribution in [0.2, 0.25) is 0 Å². The summed E-state index contributed by atoms with van der Waals surface area (Å²) >= 11 is 0. The number of hydrogen-bond donors (Lipinski definition) is 2. The molecule has 0 atom stereocenters. The van der Waals surface area contributed by atoms with Gasteiger partial charge in [0.25, 0.3) is 0 Å². The van der Waals surface area contributed by atoms with E-state index in [1.807, 2.05) is 23.0 Å². The van der Waals surface area contributed by atoms with E-state index in [1.165, 1.54) is 0 Å². The van der Waals surface area contributed by atoms with Gasteiger partial charge in [0.1, 0.15) is 5.69 Å². The lowest BCUT2D eigenvalue weighted by Crippen LogP contribution is -2.35. The first kappa shape index (κ1) is 27.9. The predicted octanol–water partition coefficient (Wildman–Crippen LogP) is 3.90. The maximum Gasteiger partial charge on any atom is 0.243 e. The average molecular weight is 556 g/mol. The zero-order valence-corrected chi connectivity index (χ0v) is 23.9. The molecule has 0 bridgehead atoms. The van der Waals surface area contributed by atoms with Gasteiger partial charge in [-0.1, -0.05) is 32.4 Å². The summed E-state index contributed by atoms with van der Waals surface area (Å²) < 4.78 is 30.4. The monoisotopic (exact) mass is 555 g/mol. The highest BCUT2D eigenvalue weighted by molar-refractivity contribution is 7.89. The Morgan fingerprint density at radius 2 is 1.79 bits per heavy atom. The van der Waals surface area contributed by atoms with Crippen LogP contribution in [0.15, 0.2) is 35.4 Å². The van der Waals surface area contributed by atoms with Crippen LogP contribution >= 0.6 is 0 Å². The maximum absolute atomic E-state index is 13.4. The lowest BCUT2D eigenvalue weighted by molar-refractivity contribution is 0.109. The molecule has 11 heteroatoms. The molecule has 1 aliphatic carbocycles. The molecule has 0 amide bonds. The molecule has 2 aliphatic rings. The second kappa shape index (κ2) is 12.3. The first-order valence-electron chi connectivity index (χ1n) is 14.4. The Kier molecular flexibility index (Phi) is 8.80. The number of aliphatic hydroxyl groups is 1. The van der Waals surface area contributed by atoms with Crippen molar-refractivity contribution in [1.82, 2.24) is 29.0 Å². The molecule has 39 heavy (non-hydrogen) atoms. The second-order valence-electron chi connectivity index (χ2n) is 10.7. The second-order valence-corrected chi connectivity index (χ2v) is 12.6. The SMILES string of the molecule is CCCCNc1ncc2c(-c3ccc(S(=O)(=O)N4CCCN(CC)CC4)cc3)nn([C@H]3CC[C@H](O)CC3)c2n1. The quantitative estimate of drug-likeness (QED) is 0.382. The number of aromatic nitrogens is 4. The lowest BCUT2D eigenvalue weighted by atomic mass is 9.93. The van der Waals surface area contributed by atoms with Crippen molar-refractivity contribution in [3.05, 3.63) is 30.5 Å². The molecule has 1 saturated heterocycles. The van der Waals surface area contributed by atoms with E-state index >= 15 is 0 Å². The Morgan fingerprint density at radius 1 is 1.03 bits per heavy atom. The number of fused-ring (bicyclic) bond motifs is 1.